The molecular formula is C16H13ClF4N8. The molecule has 0 amide bonds. The lowest BCUT2D eigenvalue weighted by atomic mass is 10.2. The Bertz CT molecular complexity index is 997. The molecule has 0 aliphatic heterocycles. The molecule has 3 aromatic rings. The molecule has 2 aromatic heterocycles. The molecule has 8 nitrogen and oxygen atoms in total. The number of nitrogens with one attached hydrogen (secondary N) is 3. The molecule has 0 bridgehead atoms. The number of pyridine rings is 1. The number of benzene rings is 1. The van der Waals surface area contributed by atoms with E-state index < -0.39 is 17.6 Å². The lowest BCUT2D eigenvalue weighted by Crippen LogP contribution is -2.15. The molecule has 0 saturated carbocycles. The van der Waals surface area contributed by atoms with Gasteiger partial charge in [0.25, 0.3) is 0 Å². The van der Waals surface area contributed by atoms with E-state index in [4.69, 9.17) is 17.4 Å². The average Bonchev–Trinajstić information content (AvgIpc) is 2.68. The summed E-state index contributed by atoms with van der Waals surface area (Å²) in [4.78, 5) is 15.9. The number of alkyl halides is 3. The van der Waals surface area contributed by atoms with E-state index in [1.807, 2.05) is 0 Å². The first-order valence-electron chi connectivity index (χ1n) is 7.95. The maximum absolute atomic E-state index is 13.4. The first-order chi connectivity index (χ1) is 13.7. The van der Waals surface area contributed by atoms with Crippen LogP contribution in [0.4, 0.5) is 41.1 Å². The molecule has 0 spiro atoms. The van der Waals surface area contributed by atoms with Crippen molar-refractivity contribution >= 4 is 35.1 Å². The van der Waals surface area contributed by atoms with E-state index in [2.05, 4.69) is 36.0 Å². The van der Waals surface area contributed by atoms with Gasteiger partial charge in [0.1, 0.15) is 11.0 Å². The summed E-state index contributed by atoms with van der Waals surface area (Å²) in [7, 11) is 0. The molecule has 29 heavy (non-hydrogen) atoms. The SMILES string of the molecule is NNc1nc(NCc2ccc(Cl)nc2)nc(Nc2ccc(F)c(C(F)(F)F)c2)n1. The van der Waals surface area contributed by atoms with Gasteiger partial charge in [-0.3, -0.25) is 5.43 Å². The van der Waals surface area contributed by atoms with Gasteiger partial charge in [0, 0.05) is 18.4 Å². The van der Waals surface area contributed by atoms with Crippen LogP contribution >= 0.6 is 11.6 Å². The van der Waals surface area contributed by atoms with Crippen LogP contribution in [0.15, 0.2) is 36.5 Å². The summed E-state index contributed by atoms with van der Waals surface area (Å²) >= 11 is 5.73. The van der Waals surface area contributed by atoms with Crippen molar-refractivity contribution in [3.05, 3.63) is 58.6 Å². The number of hydrogen-bond donors (Lipinski definition) is 4. The zero-order valence-electron chi connectivity index (χ0n) is 14.4. The molecule has 0 aliphatic carbocycles. The highest BCUT2D eigenvalue weighted by Crippen LogP contribution is 2.33. The molecule has 3 rings (SSSR count). The van der Waals surface area contributed by atoms with Crippen LogP contribution in [-0.4, -0.2) is 19.9 Å². The molecule has 152 valence electrons. The van der Waals surface area contributed by atoms with E-state index in [1.165, 1.54) is 0 Å². The third kappa shape index (κ3) is 5.39. The largest absolute Gasteiger partial charge is 0.419 e. The third-order valence-electron chi connectivity index (χ3n) is 3.53. The Labute approximate surface area is 166 Å². The standard InChI is InChI=1S/C16H13ClF4N8/c17-12-4-1-8(6-23-12)7-24-13-26-14(28-15(27-13)29-22)25-9-2-3-11(18)10(5-9)16(19,20)21/h1-6H,7,22H2,(H3,24,25,26,27,28,29). The van der Waals surface area contributed by atoms with E-state index in [0.29, 0.717) is 17.3 Å². The van der Waals surface area contributed by atoms with Crippen LogP contribution in [-0.2, 0) is 12.7 Å². The smallest absolute Gasteiger partial charge is 0.350 e. The summed E-state index contributed by atoms with van der Waals surface area (Å²) in [5.41, 5.74) is 1.53. The summed E-state index contributed by atoms with van der Waals surface area (Å²) in [6.07, 6.45) is -3.29. The molecule has 13 heteroatoms. The number of aromatic nitrogens is 4. The van der Waals surface area contributed by atoms with E-state index in [0.717, 1.165) is 11.6 Å². The highest BCUT2D eigenvalue weighted by molar-refractivity contribution is 6.29. The normalized spacial score (nSPS) is 11.2. The average molecular weight is 429 g/mol. The maximum atomic E-state index is 13.4. The summed E-state index contributed by atoms with van der Waals surface area (Å²) in [5.74, 6) is 3.87. The number of rotatable bonds is 6. The van der Waals surface area contributed by atoms with Crippen LogP contribution in [0, 0.1) is 5.82 Å². The lowest BCUT2D eigenvalue weighted by molar-refractivity contribution is -0.139. The van der Waals surface area contributed by atoms with Crippen LogP contribution in [0.1, 0.15) is 11.1 Å². The number of nitrogens with zero attached hydrogens (tertiary/aromatic N) is 4. The van der Waals surface area contributed by atoms with E-state index in [-0.39, 0.29) is 30.1 Å². The molecule has 0 aliphatic rings. The van der Waals surface area contributed by atoms with Crippen molar-refractivity contribution < 1.29 is 17.6 Å². The van der Waals surface area contributed by atoms with Gasteiger partial charge in [0.2, 0.25) is 17.8 Å². The highest BCUT2D eigenvalue weighted by Gasteiger charge is 2.34. The fourth-order valence-electron chi connectivity index (χ4n) is 2.22. The van der Waals surface area contributed by atoms with Gasteiger partial charge in [0.15, 0.2) is 0 Å². The zero-order chi connectivity index (χ0) is 21.0. The Balaban J connectivity index is 1.81. The molecule has 0 unspecified atom stereocenters. The number of hydrogen-bond acceptors (Lipinski definition) is 8. The minimum Gasteiger partial charge on any atom is -0.350 e. The fourth-order valence-corrected chi connectivity index (χ4v) is 2.33. The Hall–Kier alpha value is -3.25. The van der Waals surface area contributed by atoms with Crippen molar-refractivity contribution in [1.82, 2.24) is 19.9 Å². The molecule has 0 radical (unpaired) electrons. The summed E-state index contributed by atoms with van der Waals surface area (Å²) in [6.45, 7) is 0.284. The van der Waals surface area contributed by atoms with E-state index >= 15 is 0 Å². The van der Waals surface area contributed by atoms with E-state index in [1.54, 1.807) is 18.3 Å². The summed E-state index contributed by atoms with van der Waals surface area (Å²) < 4.78 is 52.1. The van der Waals surface area contributed by atoms with Crippen LogP contribution in [0.2, 0.25) is 5.15 Å². The van der Waals surface area contributed by atoms with Gasteiger partial charge in [-0.2, -0.15) is 28.1 Å². The van der Waals surface area contributed by atoms with E-state index in [9.17, 15) is 17.6 Å². The predicted molar refractivity (Wildman–Crippen MR) is 98.9 cm³/mol. The number of halogens is 5. The first-order valence-corrected chi connectivity index (χ1v) is 8.33. The highest BCUT2D eigenvalue weighted by atomic mass is 35.5. The van der Waals surface area contributed by atoms with Crippen molar-refractivity contribution in [1.29, 1.82) is 0 Å². The molecule has 0 fully saturated rings. The number of hydrazine groups is 1. The van der Waals surface area contributed by atoms with Gasteiger partial charge in [0.05, 0.1) is 5.56 Å². The molecule has 0 saturated heterocycles. The topological polar surface area (TPSA) is 114 Å². The molecule has 1 aromatic carbocycles. The Kier molecular flexibility index (Phi) is 5.94. The second-order valence-electron chi connectivity index (χ2n) is 5.61. The quantitative estimate of drug-likeness (QED) is 0.203. The molecule has 5 N–H and O–H groups in total. The lowest BCUT2D eigenvalue weighted by Gasteiger charge is -2.12. The Morgan fingerprint density at radius 3 is 2.38 bits per heavy atom. The van der Waals surface area contributed by atoms with Gasteiger partial charge in [-0.1, -0.05) is 17.7 Å². The summed E-state index contributed by atoms with van der Waals surface area (Å²) in [6, 6.07) is 5.78. The van der Waals surface area contributed by atoms with Crippen molar-refractivity contribution in [2.75, 3.05) is 16.1 Å². The van der Waals surface area contributed by atoms with Crippen molar-refractivity contribution in [3.8, 4) is 0 Å². The van der Waals surface area contributed by atoms with Gasteiger partial charge in [-0.25, -0.2) is 15.2 Å². The zero-order valence-corrected chi connectivity index (χ0v) is 15.2. The fraction of sp³-hybridized carbons (Fsp3) is 0.125. The van der Waals surface area contributed by atoms with Gasteiger partial charge < -0.3 is 10.6 Å². The molecular weight excluding hydrogens is 416 g/mol. The predicted octanol–water partition coefficient (Wildman–Crippen LogP) is 3.72. The van der Waals surface area contributed by atoms with Crippen LogP contribution in [0.25, 0.3) is 0 Å². The van der Waals surface area contributed by atoms with Gasteiger partial charge >= 0.3 is 6.18 Å². The van der Waals surface area contributed by atoms with Crippen molar-refractivity contribution in [2.45, 2.75) is 12.7 Å². The van der Waals surface area contributed by atoms with Crippen LogP contribution in [0.3, 0.4) is 0 Å². The molecule has 0 atom stereocenters. The van der Waals surface area contributed by atoms with Gasteiger partial charge in [-0.05, 0) is 29.8 Å². The molecule has 2 heterocycles. The number of anilines is 4. The third-order valence-corrected chi connectivity index (χ3v) is 3.76. The van der Waals surface area contributed by atoms with Crippen molar-refractivity contribution in [2.24, 2.45) is 5.84 Å². The Morgan fingerprint density at radius 2 is 1.72 bits per heavy atom. The van der Waals surface area contributed by atoms with Crippen LogP contribution in [0.5, 0.6) is 0 Å². The maximum Gasteiger partial charge on any atom is 0.419 e. The number of nitrogen functional groups attached to an aromatic ring is 1. The number of nitrogens with two attached hydrogens (primary N) is 1. The van der Waals surface area contributed by atoms with Crippen molar-refractivity contribution in [3.63, 3.8) is 0 Å². The monoisotopic (exact) mass is 428 g/mol. The van der Waals surface area contributed by atoms with Gasteiger partial charge in [-0.15, -0.1) is 0 Å². The minimum absolute atomic E-state index is 0.0441. The van der Waals surface area contributed by atoms with Crippen LogP contribution < -0.4 is 21.9 Å². The minimum atomic E-state index is -4.84. The summed E-state index contributed by atoms with van der Waals surface area (Å²) in [5, 5.41) is 5.82. The first kappa shape index (κ1) is 20.5. The second kappa shape index (κ2) is 8.41. The second-order valence-corrected chi connectivity index (χ2v) is 6.00. The Morgan fingerprint density at radius 1 is 1.00 bits per heavy atom.